The zero-order valence-electron chi connectivity index (χ0n) is 16.5. The van der Waals surface area contributed by atoms with Crippen molar-refractivity contribution < 1.29 is 14.6 Å². The second kappa shape index (κ2) is 9.89. The molecule has 8 heteroatoms. The third kappa shape index (κ3) is 5.58. The maximum Gasteiger partial charge on any atom is 0.303 e. The first-order chi connectivity index (χ1) is 14.0. The molecule has 0 spiro atoms. The first-order valence-electron chi connectivity index (χ1n) is 9.57. The highest BCUT2D eigenvalue weighted by molar-refractivity contribution is 7.18. The van der Waals surface area contributed by atoms with Gasteiger partial charge in [-0.3, -0.25) is 4.79 Å². The molecule has 0 unspecified atom stereocenters. The molecule has 3 aromatic rings. The molecule has 2 N–H and O–H groups in total. The Morgan fingerprint density at radius 3 is 2.79 bits per heavy atom. The number of unbranched alkanes of at least 4 members (excludes halogenated alkanes) is 1. The number of rotatable bonds is 10. The Morgan fingerprint density at radius 2 is 2.10 bits per heavy atom. The van der Waals surface area contributed by atoms with Crippen molar-refractivity contribution >= 4 is 44.9 Å². The Bertz CT molecular complexity index is 1010. The molecule has 0 fully saturated rings. The van der Waals surface area contributed by atoms with Crippen LogP contribution < -0.4 is 10.1 Å². The fraction of sp³-hybridized carbons (Fsp3) is 0.381. The van der Waals surface area contributed by atoms with Crippen LogP contribution >= 0.6 is 22.9 Å². The second-order valence-electron chi connectivity index (χ2n) is 6.70. The SMILES string of the molecule is CCc1cc2c(NCc3ccc(OC)c(Cl)c3)nc(CCCCC(=O)O)nc2s1. The van der Waals surface area contributed by atoms with Crippen molar-refractivity contribution in [2.45, 2.75) is 45.6 Å². The van der Waals surface area contributed by atoms with Gasteiger partial charge in [0.1, 0.15) is 22.2 Å². The summed E-state index contributed by atoms with van der Waals surface area (Å²) in [7, 11) is 1.59. The Hall–Kier alpha value is -2.38. The number of fused-ring (bicyclic) bond motifs is 1. The van der Waals surface area contributed by atoms with Crippen LogP contribution in [0.15, 0.2) is 24.3 Å². The lowest BCUT2D eigenvalue weighted by molar-refractivity contribution is -0.137. The van der Waals surface area contributed by atoms with Gasteiger partial charge >= 0.3 is 5.97 Å². The van der Waals surface area contributed by atoms with Crippen LogP contribution in [0.2, 0.25) is 5.02 Å². The number of aromatic nitrogens is 2. The number of carboxylic acids is 1. The highest BCUT2D eigenvalue weighted by Crippen LogP contribution is 2.30. The molecule has 0 saturated heterocycles. The number of hydrogen-bond donors (Lipinski definition) is 2. The summed E-state index contributed by atoms with van der Waals surface area (Å²) in [5.74, 6) is 1.41. The average Bonchev–Trinajstić information content (AvgIpc) is 3.13. The minimum absolute atomic E-state index is 0.171. The zero-order valence-corrected chi connectivity index (χ0v) is 18.1. The van der Waals surface area contributed by atoms with Crippen molar-refractivity contribution in [3.05, 3.63) is 45.6 Å². The van der Waals surface area contributed by atoms with Crippen LogP contribution in [-0.4, -0.2) is 28.2 Å². The van der Waals surface area contributed by atoms with Crippen molar-refractivity contribution in [3.8, 4) is 5.75 Å². The molecule has 0 aliphatic rings. The number of benzene rings is 1. The van der Waals surface area contributed by atoms with Gasteiger partial charge in [-0.15, -0.1) is 11.3 Å². The largest absolute Gasteiger partial charge is 0.495 e. The summed E-state index contributed by atoms with van der Waals surface area (Å²) in [4.78, 5) is 22.3. The third-order valence-electron chi connectivity index (χ3n) is 4.56. The summed E-state index contributed by atoms with van der Waals surface area (Å²) in [6.07, 6.45) is 3.14. The number of halogens is 1. The summed E-state index contributed by atoms with van der Waals surface area (Å²) in [5.41, 5.74) is 1.02. The van der Waals surface area contributed by atoms with E-state index in [1.165, 1.54) is 4.88 Å². The maximum atomic E-state index is 10.7. The standard InChI is InChI=1S/C21H24ClN3O3S/c1-3-14-11-15-20(23-12-13-8-9-17(28-2)16(22)10-13)24-18(25-21(15)29-14)6-4-5-7-19(26)27/h8-11H,3-7,12H2,1-2H3,(H,26,27)(H,23,24,25). The van der Waals surface area contributed by atoms with Gasteiger partial charge in [0.25, 0.3) is 0 Å². The molecule has 0 aliphatic heterocycles. The molecule has 29 heavy (non-hydrogen) atoms. The van der Waals surface area contributed by atoms with E-state index >= 15 is 0 Å². The predicted molar refractivity (Wildman–Crippen MR) is 117 cm³/mol. The van der Waals surface area contributed by atoms with E-state index in [-0.39, 0.29) is 6.42 Å². The highest BCUT2D eigenvalue weighted by Gasteiger charge is 2.12. The van der Waals surface area contributed by atoms with Crippen molar-refractivity contribution in [2.24, 2.45) is 0 Å². The second-order valence-corrected chi connectivity index (χ2v) is 8.22. The first-order valence-corrected chi connectivity index (χ1v) is 10.8. The average molecular weight is 434 g/mol. The Balaban J connectivity index is 1.79. The van der Waals surface area contributed by atoms with Crippen LogP contribution in [0.25, 0.3) is 10.2 Å². The number of carbonyl (C=O) groups is 1. The monoisotopic (exact) mass is 433 g/mol. The molecule has 6 nitrogen and oxygen atoms in total. The van der Waals surface area contributed by atoms with Gasteiger partial charge in [0.15, 0.2) is 0 Å². The molecule has 2 heterocycles. The van der Waals surface area contributed by atoms with Crippen molar-refractivity contribution in [1.29, 1.82) is 0 Å². The Kier molecular flexibility index (Phi) is 7.28. The molecule has 1 aromatic carbocycles. The summed E-state index contributed by atoms with van der Waals surface area (Å²) in [6.45, 7) is 2.70. The van der Waals surface area contributed by atoms with Gasteiger partial charge in [-0.1, -0.05) is 24.6 Å². The first kappa shape index (κ1) is 21.3. The number of nitrogens with one attached hydrogen (secondary N) is 1. The lowest BCUT2D eigenvalue weighted by Crippen LogP contribution is -2.05. The number of carboxylic acid groups (broad SMARTS) is 1. The fourth-order valence-corrected chi connectivity index (χ4v) is 4.27. The van der Waals surface area contributed by atoms with Gasteiger partial charge in [0.05, 0.1) is 17.5 Å². The number of hydrogen-bond acceptors (Lipinski definition) is 6. The number of aryl methyl sites for hydroxylation is 2. The Morgan fingerprint density at radius 1 is 1.28 bits per heavy atom. The summed E-state index contributed by atoms with van der Waals surface area (Å²) >= 11 is 7.90. The van der Waals surface area contributed by atoms with Gasteiger partial charge < -0.3 is 15.2 Å². The fourth-order valence-electron chi connectivity index (χ4n) is 3.00. The van der Waals surface area contributed by atoms with E-state index in [2.05, 4.69) is 18.3 Å². The van der Waals surface area contributed by atoms with E-state index < -0.39 is 5.97 Å². The van der Waals surface area contributed by atoms with E-state index in [0.717, 1.165) is 40.3 Å². The van der Waals surface area contributed by atoms with E-state index in [4.69, 9.17) is 31.4 Å². The third-order valence-corrected chi connectivity index (χ3v) is 6.02. The minimum atomic E-state index is -0.771. The van der Waals surface area contributed by atoms with E-state index in [9.17, 15) is 4.79 Å². The van der Waals surface area contributed by atoms with Crippen molar-refractivity contribution in [2.75, 3.05) is 12.4 Å². The van der Waals surface area contributed by atoms with E-state index in [1.807, 2.05) is 18.2 Å². The highest BCUT2D eigenvalue weighted by atomic mass is 35.5. The van der Waals surface area contributed by atoms with Crippen LogP contribution in [0.4, 0.5) is 5.82 Å². The predicted octanol–water partition coefficient (Wildman–Crippen LogP) is 5.33. The molecule has 2 aromatic heterocycles. The van der Waals surface area contributed by atoms with Crippen LogP contribution in [0.5, 0.6) is 5.75 Å². The molecule has 0 amide bonds. The minimum Gasteiger partial charge on any atom is -0.495 e. The Labute approximate surface area is 178 Å². The number of nitrogens with zero attached hydrogens (tertiary/aromatic N) is 2. The van der Waals surface area contributed by atoms with Gasteiger partial charge in [0.2, 0.25) is 0 Å². The van der Waals surface area contributed by atoms with E-state index in [1.54, 1.807) is 18.4 Å². The van der Waals surface area contributed by atoms with Crippen LogP contribution in [-0.2, 0) is 24.2 Å². The molecule has 0 atom stereocenters. The van der Waals surface area contributed by atoms with Crippen molar-refractivity contribution in [1.82, 2.24) is 9.97 Å². The molecule has 3 rings (SSSR count). The van der Waals surface area contributed by atoms with Gasteiger partial charge in [0, 0.05) is 24.3 Å². The van der Waals surface area contributed by atoms with Crippen LogP contribution in [0.1, 0.15) is 42.5 Å². The normalized spacial score (nSPS) is 11.0. The molecule has 0 saturated carbocycles. The molecule has 0 radical (unpaired) electrons. The number of ether oxygens (including phenoxy) is 1. The maximum absolute atomic E-state index is 10.7. The lowest BCUT2D eigenvalue weighted by Gasteiger charge is -2.10. The van der Waals surface area contributed by atoms with Gasteiger partial charge in [-0.05, 0) is 43.0 Å². The lowest BCUT2D eigenvalue weighted by atomic mass is 10.2. The number of methoxy groups -OCH3 is 1. The summed E-state index contributed by atoms with van der Waals surface area (Å²) < 4.78 is 5.20. The number of anilines is 1. The molecule has 0 bridgehead atoms. The molecule has 0 aliphatic carbocycles. The molecular formula is C21H24ClN3O3S. The number of aliphatic carboxylic acids is 1. The molecular weight excluding hydrogens is 410 g/mol. The van der Waals surface area contributed by atoms with Crippen LogP contribution in [0.3, 0.4) is 0 Å². The zero-order chi connectivity index (χ0) is 20.8. The van der Waals surface area contributed by atoms with Gasteiger partial charge in [-0.2, -0.15) is 0 Å². The van der Waals surface area contributed by atoms with Crippen molar-refractivity contribution in [3.63, 3.8) is 0 Å². The summed E-state index contributed by atoms with van der Waals surface area (Å²) in [6, 6.07) is 7.83. The molecule has 154 valence electrons. The number of thiophene rings is 1. The smallest absolute Gasteiger partial charge is 0.303 e. The van der Waals surface area contributed by atoms with Crippen LogP contribution in [0, 0.1) is 0 Å². The van der Waals surface area contributed by atoms with E-state index in [0.29, 0.717) is 30.2 Å². The summed E-state index contributed by atoms with van der Waals surface area (Å²) in [5, 5.41) is 13.8. The quantitative estimate of drug-likeness (QED) is 0.420. The topological polar surface area (TPSA) is 84.3 Å². The van der Waals surface area contributed by atoms with Gasteiger partial charge in [-0.25, -0.2) is 9.97 Å².